The largest absolute Gasteiger partial charge is 0.305 e. The van der Waals surface area contributed by atoms with Gasteiger partial charge in [-0.2, -0.15) is 0 Å². The lowest BCUT2D eigenvalue weighted by Gasteiger charge is -2.13. The van der Waals surface area contributed by atoms with Gasteiger partial charge in [0.05, 0.1) is 4.34 Å². The van der Waals surface area contributed by atoms with E-state index in [-0.39, 0.29) is 6.04 Å². The number of nitrogens with one attached hydrogen (secondary N) is 1. The Morgan fingerprint density at radius 1 is 1.28 bits per heavy atom. The third-order valence-electron chi connectivity index (χ3n) is 2.63. The van der Waals surface area contributed by atoms with Gasteiger partial charge in [0, 0.05) is 27.0 Å². The normalized spacial score (nSPS) is 12.7. The van der Waals surface area contributed by atoms with Crippen LogP contribution in [0, 0.1) is 0 Å². The molecule has 0 saturated carbocycles. The second-order valence-electron chi connectivity index (χ2n) is 3.98. The van der Waals surface area contributed by atoms with E-state index in [4.69, 9.17) is 23.2 Å². The Morgan fingerprint density at radius 2 is 2.06 bits per heavy atom. The van der Waals surface area contributed by atoms with Crippen LogP contribution in [0.15, 0.2) is 34.8 Å². The fourth-order valence-electron chi connectivity index (χ4n) is 1.59. The van der Waals surface area contributed by atoms with Crippen molar-refractivity contribution in [2.24, 2.45) is 0 Å². The first kappa shape index (κ1) is 14.4. The third kappa shape index (κ3) is 3.72. The topological polar surface area (TPSA) is 12.0 Å². The summed E-state index contributed by atoms with van der Waals surface area (Å²) in [6.45, 7) is 2.86. The predicted molar refractivity (Wildman–Crippen MR) is 83.7 cm³/mol. The number of rotatable bonds is 4. The van der Waals surface area contributed by atoms with Crippen LogP contribution in [0.25, 0.3) is 0 Å². The molecule has 0 spiro atoms. The molecule has 1 aromatic heterocycles. The zero-order valence-corrected chi connectivity index (χ0v) is 13.6. The van der Waals surface area contributed by atoms with Crippen molar-refractivity contribution < 1.29 is 0 Å². The number of thiophene rings is 1. The van der Waals surface area contributed by atoms with Gasteiger partial charge >= 0.3 is 0 Å². The van der Waals surface area contributed by atoms with Crippen molar-refractivity contribution in [3.8, 4) is 0 Å². The molecule has 0 aliphatic rings. The van der Waals surface area contributed by atoms with Crippen LogP contribution in [0.4, 0.5) is 0 Å². The fraction of sp³-hybridized carbons (Fsp3) is 0.231. The van der Waals surface area contributed by atoms with E-state index in [1.165, 1.54) is 4.88 Å². The van der Waals surface area contributed by atoms with Crippen molar-refractivity contribution in [3.05, 3.63) is 54.6 Å². The molecule has 0 aliphatic heterocycles. The molecule has 2 rings (SSSR count). The first-order chi connectivity index (χ1) is 8.56. The highest BCUT2D eigenvalue weighted by atomic mass is 79.9. The first-order valence-corrected chi connectivity index (χ1v) is 7.85. The van der Waals surface area contributed by atoms with Crippen molar-refractivity contribution in [1.82, 2.24) is 5.32 Å². The van der Waals surface area contributed by atoms with E-state index in [1.54, 1.807) is 11.3 Å². The van der Waals surface area contributed by atoms with Gasteiger partial charge in [0.15, 0.2) is 0 Å². The highest BCUT2D eigenvalue weighted by Crippen LogP contribution is 2.27. The van der Waals surface area contributed by atoms with Gasteiger partial charge < -0.3 is 5.32 Å². The van der Waals surface area contributed by atoms with Gasteiger partial charge in [0.25, 0.3) is 0 Å². The average molecular weight is 365 g/mol. The Bertz CT molecular complexity index is 542. The molecule has 1 unspecified atom stereocenters. The molecule has 0 radical (unpaired) electrons. The predicted octanol–water partition coefficient (Wildman–Crippen LogP) is 5.67. The van der Waals surface area contributed by atoms with Crippen LogP contribution >= 0.6 is 50.5 Å². The monoisotopic (exact) mass is 363 g/mol. The van der Waals surface area contributed by atoms with Gasteiger partial charge in [0.1, 0.15) is 0 Å². The summed E-state index contributed by atoms with van der Waals surface area (Å²) in [4.78, 5) is 1.23. The Kier molecular flexibility index (Phi) is 5.10. The summed E-state index contributed by atoms with van der Waals surface area (Å²) >= 11 is 17.1. The average Bonchev–Trinajstić information content (AvgIpc) is 2.74. The maximum Gasteiger partial charge on any atom is 0.0931 e. The van der Waals surface area contributed by atoms with Gasteiger partial charge in [-0.15, -0.1) is 11.3 Å². The van der Waals surface area contributed by atoms with E-state index in [9.17, 15) is 0 Å². The van der Waals surface area contributed by atoms with Crippen LogP contribution in [0.5, 0.6) is 0 Å². The van der Waals surface area contributed by atoms with E-state index in [1.807, 2.05) is 30.3 Å². The van der Waals surface area contributed by atoms with Crippen LogP contribution in [-0.4, -0.2) is 0 Å². The molecular weight excluding hydrogens is 353 g/mol. The zero-order valence-electron chi connectivity index (χ0n) is 9.71. The zero-order chi connectivity index (χ0) is 13.1. The van der Waals surface area contributed by atoms with Crippen LogP contribution < -0.4 is 5.32 Å². The SMILES string of the molecule is CC(NCc1ccc(Br)cc1Cl)c1ccc(Cl)s1. The second kappa shape index (κ2) is 6.40. The van der Waals surface area contributed by atoms with Crippen molar-refractivity contribution in [1.29, 1.82) is 0 Å². The summed E-state index contributed by atoms with van der Waals surface area (Å²) in [5.74, 6) is 0. The van der Waals surface area contributed by atoms with Gasteiger partial charge in [-0.25, -0.2) is 0 Å². The molecule has 1 N–H and O–H groups in total. The van der Waals surface area contributed by atoms with Gasteiger partial charge in [-0.3, -0.25) is 0 Å². The maximum absolute atomic E-state index is 6.17. The molecule has 0 saturated heterocycles. The molecule has 0 amide bonds. The van der Waals surface area contributed by atoms with Gasteiger partial charge in [0.2, 0.25) is 0 Å². The Labute approximate surface area is 129 Å². The van der Waals surface area contributed by atoms with E-state index < -0.39 is 0 Å². The molecule has 96 valence electrons. The van der Waals surface area contributed by atoms with Crippen LogP contribution in [0.1, 0.15) is 23.4 Å². The lowest BCUT2D eigenvalue weighted by molar-refractivity contribution is 0.583. The summed E-state index contributed by atoms with van der Waals surface area (Å²) in [5.41, 5.74) is 1.09. The Hall–Kier alpha value is -0.0600. The highest BCUT2D eigenvalue weighted by molar-refractivity contribution is 9.10. The van der Waals surface area contributed by atoms with E-state index in [2.05, 4.69) is 28.2 Å². The van der Waals surface area contributed by atoms with Crippen molar-refractivity contribution in [2.45, 2.75) is 19.5 Å². The molecule has 0 bridgehead atoms. The van der Waals surface area contributed by atoms with E-state index >= 15 is 0 Å². The standard InChI is InChI=1S/C13H12BrCl2NS/c1-8(12-4-5-13(16)18-12)17-7-9-2-3-10(14)6-11(9)15/h2-6,8,17H,7H2,1H3. The van der Waals surface area contributed by atoms with Crippen molar-refractivity contribution >= 4 is 50.5 Å². The Balaban J connectivity index is 1.99. The minimum atomic E-state index is 0.266. The molecular formula is C13H12BrCl2NS. The molecule has 2 aromatic rings. The summed E-state index contributed by atoms with van der Waals surface area (Å²) < 4.78 is 1.81. The molecule has 5 heteroatoms. The minimum absolute atomic E-state index is 0.266. The minimum Gasteiger partial charge on any atom is -0.305 e. The first-order valence-electron chi connectivity index (χ1n) is 5.49. The summed E-state index contributed by atoms with van der Waals surface area (Å²) in [5, 5.41) is 4.21. The molecule has 1 aromatic carbocycles. The lowest BCUT2D eigenvalue weighted by Crippen LogP contribution is -2.17. The van der Waals surface area contributed by atoms with Crippen LogP contribution in [-0.2, 0) is 6.54 Å². The lowest BCUT2D eigenvalue weighted by atomic mass is 10.2. The van der Waals surface area contributed by atoms with Gasteiger partial charge in [-0.05, 0) is 36.8 Å². The van der Waals surface area contributed by atoms with Crippen molar-refractivity contribution in [2.75, 3.05) is 0 Å². The molecule has 1 heterocycles. The number of benzene rings is 1. The molecule has 1 atom stereocenters. The van der Waals surface area contributed by atoms with Gasteiger partial charge in [-0.1, -0.05) is 45.2 Å². The number of halogens is 3. The van der Waals surface area contributed by atoms with E-state index in [0.717, 1.165) is 25.9 Å². The fourth-order valence-corrected chi connectivity index (χ4v) is 3.42. The van der Waals surface area contributed by atoms with Crippen LogP contribution in [0.2, 0.25) is 9.36 Å². The van der Waals surface area contributed by atoms with Crippen molar-refractivity contribution in [3.63, 3.8) is 0 Å². The third-order valence-corrected chi connectivity index (χ3v) is 4.89. The smallest absolute Gasteiger partial charge is 0.0931 e. The van der Waals surface area contributed by atoms with E-state index in [0.29, 0.717) is 0 Å². The highest BCUT2D eigenvalue weighted by Gasteiger charge is 2.08. The molecule has 18 heavy (non-hydrogen) atoms. The maximum atomic E-state index is 6.17. The molecule has 0 aliphatic carbocycles. The Morgan fingerprint density at radius 3 is 2.67 bits per heavy atom. The molecule has 1 nitrogen and oxygen atoms in total. The molecule has 0 fully saturated rings. The summed E-state index contributed by atoms with van der Waals surface area (Å²) in [6.07, 6.45) is 0. The quantitative estimate of drug-likeness (QED) is 0.737. The summed E-state index contributed by atoms with van der Waals surface area (Å²) in [6, 6.07) is 10.2. The number of hydrogen-bond acceptors (Lipinski definition) is 2. The number of hydrogen-bond donors (Lipinski definition) is 1. The van der Waals surface area contributed by atoms with Crippen LogP contribution in [0.3, 0.4) is 0 Å². The summed E-state index contributed by atoms with van der Waals surface area (Å²) in [7, 11) is 0. The second-order valence-corrected chi connectivity index (χ2v) is 7.05.